The molecular formula is C39H65N11O14. The van der Waals surface area contributed by atoms with Gasteiger partial charge in [0.1, 0.15) is 42.3 Å². The van der Waals surface area contributed by atoms with Gasteiger partial charge in [0.2, 0.25) is 41.4 Å². The van der Waals surface area contributed by atoms with Crippen LogP contribution < -0.4 is 43.8 Å². The van der Waals surface area contributed by atoms with Crippen LogP contribution in [0.1, 0.15) is 92.4 Å². The summed E-state index contributed by atoms with van der Waals surface area (Å²) in [6.45, 7) is 8.16. The van der Waals surface area contributed by atoms with E-state index in [1.165, 1.54) is 11.8 Å². The van der Waals surface area contributed by atoms with Crippen LogP contribution in [-0.4, -0.2) is 170 Å². The Balaban J connectivity index is 2.23. The average Bonchev–Trinajstić information content (AvgIpc) is 3.89. The zero-order valence-electron chi connectivity index (χ0n) is 36.8. The molecule has 2 aliphatic rings. The van der Waals surface area contributed by atoms with E-state index in [0.29, 0.717) is 6.42 Å². The maximum Gasteiger partial charge on any atom is 0.326 e. The van der Waals surface area contributed by atoms with Gasteiger partial charge in [0.15, 0.2) is 5.96 Å². The van der Waals surface area contributed by atoms with Gasteiger partial charge in [0.05, 0.1) is 25.0 Å². The number of hydrogen-bond donors (Lipinski definition) is 12. The highest BCUT2D eigenvalue weighted by atomic mass is 16.4. The van der Waals surface area contributed by atoms with Gasteiger partial charge in [0, 0.05) is 19.6 Å². The van der Waals surface area contributed by atoms with Crippen molar-refractivity contribution >= 4 is 65.2 Å². The van der Waals surface area contributed by atoms with Gasteiger partial charge in [-0.3, -0.25) is 48.1 Å². The predicted octanol–water partition coefficient (Wildman–Crippen LogP) is -4.11. The van der Waals surface area contributed by atoms with Crippen molar-refractivity contribution in [2.24, 2.45) is 34.0 Å². The van der Waals surface area contributed by atoms with E-state index in [2.05, 4.69) is 31.6 Å². The Morgan fingerprint density at radius 2 is 1.19 bits per heavy atom. The van der Waals surface area contributed by atoms with Gasteiger partial charge in [-0.25, -0.2) is 4.79 Å². The SMILES string of the molecule is CC(C)C[C@H](NC(=O)[C@@H](N)CC(=O)O)C(=O)N1CCC[C@H]1C(=O)N[C@H](C(=O)N[C@H](C(=O)N1CCC[C@H]1C(=O)N[C@@H](CC(=O)O)C(=O)N[C@@H](CCCN=C(N)N)C(=O)O)[C@@H](C)O)C(C)C. The fourth-order valence-corrected chi connectivity index (χ4v) is 7.34. The van der Waals surface area contributed by atoms with Gasteiger partial charge in [-0.1, -0.05) is 27.7 Å². The Labute approximate surface area is 370 Å². The third kappa shape index (κ3) is 16.5. The Morgan fingerprint density at radius 3 is 1.67 bits per heavy atom. The molecule has 0 bridgehead atoms. The van der Waals surface area contributed by atoms with Crippen LogP contribution in [0.4, 0.5) is 0 Å². The van der Waals surface area contributed by atoms with Crippen molar-refractivity contribution in [3.8, 4) is 0 Å². The molecule has 0 radical (unpaired) electrons. The first-order valence-corrected chi connectivity index (χ1v) is 21.1. The van der Waals surface area contributed by atoms with Crippen molar-refractivity contribution in [1.82, 2.24) is 36.4 Å². The van der Waals surface area contributed by atoms with Crippen LogP contribution in [0.3, 0.4) is 0 Å². The lowest BCUT2D eigenvalue weighted by molar-refractivity contribution is -0.146. The summed E-state index contributed by atoms with van der Waals surface area (Å²) >= 11 is 0. The molecule has 0 aromatic carbocycles. The quantitative estimate of drug-likeness (QED) is 0.0235. The summed E-state index contributed by atoms with van der Waals surface area (Å²) in [5.74, 6) is -11.2. The number of rotatable bonds is 25. The predicted molar refractivity (Wildman–Crippen MR) is 225 cm³/mol. The molecule has 0 unspecified atom stereocenters. The maximum atomic E-state index is 14.0. The van der Waals surface area contributed by atoms with Crippen LogP contribution in [0.2, 0.25) is 0 Å². The first-order chi connectivity index (χ1) is 29.8. The summed E-state index contributed by atoms with van der Waals surface area (Å²) in [6.07, 6.45) is -2.12. The van der Waals surface area contributed by atoms with Crippen LogP contribution in [0.15, 0.2) is 4.99 Å². The summed E-state index contributed by atoms with van der Waals surface area (Å²) in [4.78, 5) is 136. The molecule has 2 rings (SSSR count). The monoisotopic (exact) mass is 911 g/mol. The van der Waals surface area contributed by atoms with E-state index >= 15 is 0 Å². The van der Waals surface area contributed by atoms with Crippen LogP contribution in [-0.2, 0) is 47.9 Å². The van der Waals surface area contributed by atoms with Crippen molar-refractivity contribution in [3.63, 3.8) is 0 Å². The molecule has 0 saturated carbocycles. The molecule has 360 valence electrons. The number of carboxylic acid groups (broad SMARTS) is 3. The molecule has 9 atom stereocenters. The molecule has 64 heavy (non-hydrogen) atoms. The molecule has 0 aliphatic carbocycles. The highest BCUT2D eigenvalue weighted by Crippen LogP contribution is 2.23. The minimum absolute atomic E-state index is 0.0394. The number of aliphatic imine (C=N–C) groups is 1. The number of carboxylic acids is 3. The topological polar surface area (TPSA) is 409 Å². The smallest absolute Gasteiger partial charge is 0.326 e. The first-order valence-electron chi connectivity index (χ1n) is 21.1. The second kappa shape index (κ2) is 25.3. The number of aliphatic hydroxyl groups excluding tert-OH is 1. The number of nitrogens with zero attached hydrogens (tertiary/aromatic N) is 3. The number of amides is 7. The van der Waals surface area contributed by atoms with E-state index in [1.807, 2.05) is 0 Å². The molecule has 7 amide bonds. The molecule has 0 spiro atoms. The third-order valence-electron chi connectivity index (χ3n) is 10.6. The first kappa shape index (κ1) is 54.0. The lowest BCUT2D eigenvalue weighted by atomic mass is 10.00. The van der Waals surface area contributed by atoms with E-state index in [1.54, 1.807) is 27.7 Å². The van der Waals surface area contributed by atoms with Crippen molar-refractivity contribution < 1.29 is 68.4 Å². The molecule has 25 heteroatoms. The zero-order valence-corrected chi connectivity index (χ0v) is 36.8. The summed E-state index contributed by atoms with van der Waals surface area (Å²) in [5, 5.41) is 51.0. The van der Waals surface area contributed by atoms with E-state index in [0.717, 1.165) is 4.90 Å². The molecular weight excluding hydrogens is 846 g/mol. The number of likely N-dealkylation sites (tertiary alicyclic amines) is 2. The number of carbonyl (C=O) groups excluding carboxylic acids is 7. The van der Waals surface area contributed by atoms with E-state index in [9.17, 15) is 63.3 Å². The second-order valence-corrected chi connectivity index (χ2v) is 16.7. The Morgan fingerprint density at radius 1 is 0.656 bits per heavy atom. The third-order valence-corrected chi connectivity index (χ3v) is 10.6. The number of aliphatic hydroxyl groups is 1. The number of carbonyl (C=O) groups is 10. The lowest BCUT2D eigenvalue weighted by Gasteiger charge is -2.33. The summed E-state index contributed by atoms with van der Waals surface area (Å²) < 4.78 is 0. The number of hydrogen-bond acceptors (Lipinski definition) is 13. The standard InChI is InChI=1S/C39H65N11O14/c1-18(2)15-24(46-31(56)21(40)16-27(52)53)36(61)49-13-7-11-26(49)34(59)47-29(19(3)4)35(60)48-30(20(5)51)37(62)50-14-8-10-25(50)33(58)45-23(17-28(54)55)32(57)44-22(38(63)64)9-6-12-43-39(41)42/h18-26,29-30,51H,6-17,40H2,1-5H3,(H,44,57)(H,45,58)(H,46,56)(H,47,59)(H,48,60)(H,52,53)(H,54,55)(H,63,64)(H4,41,42,43)/t20-,21+,22+,23+,24+,25+,26+,29+,30+/m1/s1. The normalized spacial score (nSPS) is 19.3. The largest absolute Gasteiger partial charge is 0.481 e. The Bertz CT molecular complexity index is 1760. The number of nitrogens with one attached hydrogen (secondary N) is 5. The van der Waals surface area contributed by atoms with E-state index < -0.39 is 132 Å². The Kier molecular flexibility index (Phi) is 21.3. The van der Waals surface area contributed by atoms with Crippen LogP contribution in [0.5, 0.6) is 0 Å². The van der Waals surface area contributed by atoms with E-state index in [-0.39, 0.29) is 70.0 Å². The highest BCUT2D eigenvalue weighted by molar-refractivity contribution is 5.99. The van der Waals surface area contributed by atoms with Crippen molar-refractivity contribution in [1.29, 1.82) is 0 Å². The molecule has 2 fully saturated rings. The van der Waals surface area contributed by atoms with Crippen LogP contribution in [0, 0.1) is 11.8 Å². The van der Waals surface area contributed by atoms with Crippen LogP contribution in [0.25, 0.3) is 0 Å². The molecule has 2 saturated heterocycles. The van der Waals surface area contributed by atoms with Crippen LogP contribution >= 0.6 is 0 Å². The second-order valence-electron chi connectivity index (χ2n) is 16.7. The molecule has 2 aliphatic heterocycles. The minimum Gasteiger partial charge on any atom is -0.481 e. The summed E-state index contributed by atoms with van der Waals surface area (Å²) in [7, 11) is 0. The van der Waals surface area contributed by atoms with Gasteiger partial charge in [-0.2, -0.15) is 0 Å². The maximum absolute atomic E-state index is 14.0. The van der Waals surface area contributed by atoms with Gasteiger partial charge >= 0.3 is 17.9 Å². The highest BCUT2D eigenvalue weighted by Gasteiger charge is 2.43. The molecule has 2 heterocycles. The Hall–Kier alpha value is -6.11. The number of nitrogens with two attached hydrogens (primary N) is 3. The fourth-order valence-electron chi connectivity index (χ4n) is 7.34. The van der Waals surface area contributed by atoms with E-state index in [4.69, 9.17) is 22.3 Å². The lowest BCUT2D eigenvalue weighted by Crippen LogP contribution is -2.62. The summed E-state index contributed by atoms with van der Waals surface area (Å²) in [6, 6.07) is -11.2. The molecule has 25 nitrogen and oxygen atoms in total. The summed E-state index contributed by atoms with van der Waals surface area (Å²) in [5.41, 5.74) is 16.3. The zero-order chi connectivity index (χ0) is 48.6. The molecule has 0 aromatic rings. The van der Waals surface area contributed by atoms with Gasteiger partial charge in [0.25, 0.3) is 0 Å². The van der Waals surface area contributed by atoms with Crippen molar-refractivity contribution in [2.75, 3.05) is 19.6 Å². The average molecular weight is 912 g/mol. The van der Waals surface area contributed by atoms with Gasteiger partial charge < -0.3 is 74.0 Å². The van der Waals surface area contributed by atoms with Crippen molar-refractivity contribution in [3.05, 3.63) is 0 Å². The molecule has 15 N–H and O–H groups in total. The number of aliphatic carboxylic acids is 3. The van der Waals surface area contributed by atoms with Crippen molar-refractivity contribution in [2.45, 2.75) is 147 Å². The fraction of sp³-hybridized carbons (Fsp3) is 0.718. The van der Waals surface area contributed by atoms with Gasteiger partial charge in [-0.05, 0) is 63.7 Å². The molecule has 0 aromatic heterocycles. The van der Waals surface area contributed by atoms with Gasteiger partial charge in [-0.15, -0.1) is 0 Å². The number of guanidine groups is 1. The minimum atomic E-state index is -1.77.